The lowest BCUT2D eigenvalue weighted by molar-refractivity contribution is 0.420. The van der Waals surface area contributed by atoms with Crippen molar-refractivity contribution in [1.29, 1.82) is 0 Å². The Morgan fingerprint density at radius 3 is 2.93 bits per heavy atom. The van der Waals surface area contributed by atoms with Crippen LogP contribution in [0.1, 0.15) is 0 Å². The van der Waals surface area contributed by atoms with E-state index in [9.17, 15) is 0 Å². The summed E-state index contributed by atoms with van der Waals surface area (Å²) in [6.45, 7) is 0. The zero-order valence-corrected chi connectivity index (χ0v) is 8.84. The highest BCUT2D eigenvalue weighted by Gasteiger charge is 2.06. The van der Waals surface area contributed by atoms with E-state index < -0.39 is 0 Å². The molecule has 1 heterocycles. The van der Waals surface area contributed by atoms with Crippen molar-refractivity contribution in [1.82, 2.24) is 4.57 Å². The first kappa shape index (κ1) is 9.08. The van der Waals surface area contributed by atoms with Crippen LogP contribution in [-0.2, 0) is 7.05 Å². The summed E-state index contributed by atoms with van der Waals surface area (Å²) in [5.41, 5.74) is 1.08. The summed E-state index contributed by atoms with van der Waals surface area (Å²) >= 11 is 1.52. The minimum atomic E-state index is 0.782. The number of fused-ring (bicyclic) bond motifs is 1. The molecule has 0 aliphatic heterocycles. The lowest BCUT2D eigenvalue weighted by Crippen LogP contribution is -2.12. The van der Waals surface area contributed by atoms with Gasteiger partial charge in [-0.2, -0.15) is 5.10 Å². The maximum absolute atomic E-state index is 5.28. The van der Waals surface area contributed by atoms with Crippen molar-refractivity contribution >= 4 is 21.6 Å². The summed E-state index contributed by atoms with van der Waals surface area (Å²) in [5.74, 6) is 6.14. The van der Waals surface area contributed by atoms with Crippen LogP contribution in [-0.4, -0.2) is 11.7 Å². The van der Waals surface area contributed by atoms with Crippen molar-refractivity contribution in [3.8, 4) is 5.75 Å². The Balaban J connectivity index is 2.91. The van der Waals surface area contributed by atoms with Crippen molar-refractivity contribution in [2.75, 3.05) is 7.11 Å². The number of nitrogens with two attached hydrogens (primary N) is 1. The summed E-state index contributed by atoms with van der Waals surface area (Å²) < 4.78 is 8.27. The predicted molar refractivity (Wildman–Crippen MR) is 57.1 cm³/mol. The summed E-state index contributed by atoms with van der Waals surface area (Å²) in [5, 5.41) is 3.71. The van der Waals surface area contributed by atoms with Gasteiger partial charge in [-0.25, -0.2) is 0 Å². The maximum Gasteiger partial charge on any atom is 0.208 e. The molecule has 0 saturated carbocycles. The molecule has 0 saturated heterocycles. The third-order valence-corrected chi connectivity index (χ3v) is 3.31. The van der Waals surface area contributed by atoms with E-state index in [1.54, 1.807) is 7.11 Å². The molecule has 2 N–H and O–H groups in total. The molecule has 0 amide bonds. The first-order valence-electron chi connectivity index (χ1n) is 4.14. The lowest BCUT2D eigenvalue weighted by Gasteiger charge is -2.00. The van der Waals surface area contributed by atoms with Gasteiger partial charge in [-0.05, 0) is 12.1 Å². The molecule has 0 aliphatic carbocycles. The Labute approximate surface area is 85.2 Å². The van der Waals surface area contributed by atoms with Gasteiger partial charge in [-0.3, -0.25) is 0 Å². The quantitative estimate of drug-likeness (QED) is 0.563. The fourth-order valence-corrected chi connectivity index (χ4v) is 2.44. The van der Waals surface area contributed by atoms with E-state index >= 15 is 0 Å². The molecule has 4 nitrogen and oxygen atoms in total. The van der Waals surface area contributed by atoms with Gasteiger partial charge < -0.3 is 15.1 Å². The number of nitrogens with zero attached hydrogens (tertiary/aromatic N) is 2. The van der Waals surface area contributed by atoms with Gasteiger partial charge >= 0.3 is 0 Å². The van der Waals surface area contributed by atoms with E-state index in [0.29, 0.717) is 0 Å². The van der Waals surface area contributed by atoms with Gasteiger partial charge in [0.2, 0.25) is 4.80 Å². The van der Waals surface area contributed by atoms with Crippen LogP contribution in [0.3, 0.4) is 0 Å². The molecular formula is C9H11N3OS. The Bertz CT molecular complexity index is 526. The van der Waals surface area contributed by atoms with Crippen molar-refractivity contribution < 1.29 is 4.74 Å². The largest absolute Gasteiger partial charge is 0.495 e. The number of methoxy groups -OCH3 is 1. The SMILES string of the molecule is COc1cccc2c1s/c(=N\N)n2C. The fraction of sp³-hybridized carbons (Fsp3) is 0.222. The van der Waals surface area contributed by atoms with E-state index in [-0.39, 0.29) is 0 Å². The van der Waals surface area contributed by atoms with Crippen LogP contribution in [0.5, 0.6) is 5.75 Å². The normalized spacial score (nSPS) is 12.3. The lowest BCUT2D eigenvalue weighted by atomic mass is 10.3. The molecule has 2 aromatic rings. The van der Waals surface area contributed by atoms with Crippen LogP contribution >= 0.6 is 11.3 Å². The number of benzene rings is 1. The highest BCUT2D eigenvalue weighted by Crippen LogP contribution is 2.27. The molecule has 0 aliphatic rings. The molecule has 0 radical (unpaired) electrons. The monoisotopic (exact) mass is 209 g/mol. The summed E-state index contributed by atoms with van der Waals surface area (Å²) in [7, 11) is 3.59. The van der Waals surface area contributed by atoms with E-state index in [2.05, 4.69) is 5.10 Å². The second-order valence-corrected chi connectivity index (χ2v) is 3.86. The molecular weight excluding hydrogens is 198 g/mol. The Kier molecular flexibility index (Phi) is 2.17. The van der Waals surface area contributed by atoms with Crippen LogP contribution < -0.4 is 15.4 Å². The molecule has 14 heavy (non-hydrogen) atoms. The second kappa shape index (κ2) is 3.34. The van der Waals surface area contributed by atoms with Crippen LogP contribution in [0.15, 0.2) is 23.3 Å². The number of rotatable bonds is 1. The van der Waals surface area contributed by atoms with Gasteiger partial charge in [0.1, 0.15) is 5.75 Å². The van der Waals surface area contributed by atoms with Gasteiger partial charge in [0.05, 0.1) is 17.3 Å². The first-order valence-corrected chi connectivity index (χ1v) is 4.96. The van der Waals surface area contributed by atoms with Crippen LogP contribution in [0.4, 0.5) is 0 Å². The minimum absolute atomic E-state index is 0.782. The van der Waals surface area contributed by atoms with Gasteiger partial charge in [0.15, 0.2) is 0 Å². The fourth-order valence-electron chi connectivity index (χ4n) is 1.41. The Morgan fingerprint density at radius 2 is 2.29 bits per heavy atom. The molecule has 74 valence electrons. The van der Waals surface area contributed by atoms with E-state index in [0.717, 1.165) is 20.8 Å². The zero-order valence-electron chi connectivity index (χ0n) is 8.02. The zero-order chi connectivity index (χ0) is 10.1. The van der Waals surface area contributed by atoms with Crippen molar-refractivity contribution in [2.24, 2.45) is 18.0 Å². The number of hydrogen-bond donors (Lipinski definition) is 1. The predicted octanol–water partition coefficient (Wildman–Crippen LogP) is 1.02. The summed E-state index contributed by atoms with van der Waals surface area (Å²) in [6.07, 6.45) is 0. The number of aromatic nitrogens is 1. The molecule has 0 spiro atoms. The highest BCUT2D eigenvalue weighted by molar-refractivity contribution is 7.16. The average Bonchev–Trinajstić information content (AvgIpc) is 2.55. The molecule has 0 bridgehead atoms. The average molecular weight is 209 g/mol. The van der Waals surface area contributed by atoms with Crippen LogP contribution in [0, 0.1) is 0 Å². The van der Waals surface area contributed by atoms with E-state index in [1.165, 1.54) is 11.3 Å². The van der Waals surface area contributed by atoms with Crippen LogP contribution in [0.2, 0.25) is 0 Å². The molecule has 0 atom stereocenters. The van der Waals surface area contributed by atoms with Crippen molar-refractivity contribution in [3.05, 3.63) is 23.0 Å². The molecule has 2 rings (SSSR count). The van der Waals surface area contributed by atoms with Gasteiger partial charge in [0.25, 0.3) is 0 Å². The van der Waals surface area contributed by atoms with E-state index in [1.807, 2.05) is 29.8 Å². The molecule has 1 aromatic carbocycles. The van der Waals surface area contributed by atoms with E-state index in [4.69, 9.17) is 10.6 Å². The Morgan fingerprint density at radius 1 is 1.50 bits per heavy atom. The number of hydrogen-bond acceptors (Lipinski definition) is 4. The number of aryl methyl sites for hydroxylation is 1. The van der Waals surface area contributed by atoms with Crippen LogP contribution in [0.25, 0.3) is 10.2 Å². The highest BCUT2D eigenvalue weighted by atomic mass is 32.1. The molecule has 1 aromatic heterocycles. The first-order chi connectivity index (χ1) is 6.77. The maximum atomic E-state index is 5.28. The summed E-state index contributed by atoms with van der Waals surface area (Å²) in [6, 6.07) is 5.90. The smallest absolute Gasteiger partial charge is 0.208 e. The van der Waals surface area contributed by atoms with Crippen molar-refractivity contribution in [3.63, 3.8) is 0 Å². The minimum Gasteiger partial charge on any atom is -0.495 e. The summed E-state index contributed by atoms with van der Waals surface area (Å²) in [4.78, 5) is 0.782. The third kappa shape index (κ3) is 1.17. The number of thiazole rings is 1. The second-order valence-electron chi connectivity index (χ2n) is 2.88. The molecule has 5 heteroatoms. The van der Waals surface area contributed by atoms with Crippen molar-refractivity contribution in [2.45, 2.75) is 0 Å². The topological polar surface area (TPSA) is 52.5 Å². The molecule has 0 unspecified atom stereocenters. The number of ether oxygens (including phenoxy) is 1. The van der Waals surface area contributed by atoms with Gasteiger partial charge in [-0.1, -0.05) is 17.4 Å². The van der Waals surface area contributed by atoms with Gasteiger partial charge in [-0.15, -0.1) is 0 Å². The standard InChI is InChI=1S/C9H11N3OS/c1-12-6-4-3-5-7(13-2)8(6)14-9(12)11-10/h3-5H,10H2,1-2H3/b11-9-. The molecule has 0 fully saturated rings. The Hall–Kier alpha value is -1.49. The van der Waals surface area contributed by atoms with Gasteiger partial charge in [0, 0.05) is 7.05 Å². The third-order valence-electron chi connectivity index (χ3n) is 2.13.